The second-order valence-electron chi connectivity index (χ2n) is 3.97. The zero-order valence-electron chi connectivity index (χ0n) is 10.3. The lowest BCUT2D eigenvalue weighted by molar-refractivity contribution is -0.138. The third-order valence-electron chi connectivity index (χ3n) is 2.68. The van der Waals surface area contributed by atoms with E-state index in [-0.39, 0.29) is 18.3 Å². The Kier molecular flexibility index (Phi) is 3.32. The quantitative estimate of drug-likeness (QED) is 0.832. The number of pyridine rings is 1. The molecule has 94 valence electrons. The van der Waals surface area contributed by atoms with Crippen molar-refractivity contribution in [2.45, 2.75) is 0 Å². The number of carbonyl (C=O) groups excluding carboxylic acids is 1. The Morgan fingerprint density at radius 3 is 2.94 bits per heavy atom. The number of likely N-dealkylation sites (N-methyl/N-ethyl adjacent to an activating group) is 1. The molecule has 1 N–H and O–H groups in total. The van der Waals surface area contributed by atoms with Crippen molar-refractivity contribution in [3.05, 3.63) is 30.5 Å². The molecule has 0 bridgehead atoms. The minimum absolute atomic E-state index is 0.109. The predicted octanol–water partition coefficient (Wildman–Crippen LogP) is 1.55. The van der Waals surface area contributed by atoms with E-state index in [0.717, 1.165) is 10.8 Å². The number of methoxy groups -OCH3 is 1. The van der Waals surface area contributed by atoms with Gasteiger partial charge in [-0.2, -0.15) is 0 Å². The number of aromatic nitrogens is 1. The number of benzene rings is 1. The molecular formula is C13H14N2O3. The first kappa shape index (κ1) is 12.2. The molecule has 1 heterocycles. The molecule has 5 nitrogen and oxygen atoms in total. The topological polar surface area (TPSA) is 62.7 Å². The highest BCUT2D eigenvalue weighted by atomic mass is 16.5. The molecule has 0 saturated heterocycles. The summed E-state index contributed by atoms with van der Waals surface area (Å²) >= 11 is 0. The first-order valence-electron chi connectivity index (χ1n) is 5.47. The highest BCUT2D eigenvalue weighted by Crippen LogP contribution is 2.26. The van der Waals surface area contributed by atoms with Gasteiger partial charge in [-0.15, -0.1) is 0 Å². The Balaban J connectivity index is 2.43. The number of anilines is 1. The van der Waals surface area contributed by atoms with Crippen LogP contribution in [0.25, 0.3) is 10.8 Å². The van der Waals surface area contributed by atoms with Crippen LogP contribution in [0.4, 0.5) is 5.82 Å². The summed E-state index contributed by atoms with van der Waals surface area (Å²) < 4.78 is 4.62. The molecule has 0 amide bonds. The van der Waals surface area contributed by atoms with Crippen LogP contribution in [0.15, 0.2) is 30.5 Å². The minimum atomic E-state index is -0.337. The van der Waals surface area contributed by atoms with Crippen molar-refractivity contribution < 1.29 is 14.6 Å². The van der Waals surface area contributed by atoms with Crippen LogP contribution in [0.3, 0.4) is 0 Å². The molecular weight excluding hydrogens is 232 g/mol. The SMILES string of the molecule is COC(=O)CN(C)c1nccc2ccc(O)cc12. The fourth-order valence-corrected chi connectivity index (χ4v) is 1.78. The molecule has 0 atom stereocenters. The number of phenolic OH excluding ortho intramolecular Hbond substituents is 1. The number of hydrogen-bond donors (Lipinski definition) is 1. The van der Waals surface area contributed by atoms with Gasteiger partial charge in [-0.1, -0.05) is 6.07 Å². The van der Waals surface area contributed by atoms with E-state index >= 15 is 0 Å². The molecule has 2 aromatic rings. The first-order valence-corrected chi connectivity index (χ1v) is 5.47. The van der Waals surface area contributed by atoms with Gasteiger partial charge in [-0.3, -0.25) is 4.79 Å². The summed E-state index contributed by atoms with van der Waals surface area (Å²) in [6, 6.07) is 6.91. The zero-order chi connectivity index (χ0) is 13.1. The van der Waals surface area contributed by atoms with Crippen LogP contribution in [0, 0.1) is 0 Å². The molecule has 1 aromatic carbocycles. The van der Waals surface area contributed by atoms with E-state index in [2.05, 4.69) is 9.72 Å². The lowest BCUT2D eigenvalue weighted by Crippen LogP contribution is -2.27. The average molecular weight is 246 g/mol. The van der Waals surface area contributed by atoms with E-state index in [9.17, 15) is 9.90 Å². The van der Waals surface area contributed by atoms with Crippen molar-refractivity contribution in [1.29, 1.82) is 0 Å². The van der Waals surface area contributed by atoms with Crippen LogP contribution in [0.1, 0.15) is 0 Å². The lowest BCUT2D eigenvalue weighted by atomic mass is 10.1. The summed E-state index contributed by atoms with van der Waals surface area (Å²) in [6.45, 7) is 0.109. The number of rotatable bonds is 3. The van der Waals surface area contributed by atoms with Crippen molar-refractivity contribution in [3.63, 3.8) is 0 Å². The molecule has 0 aliphatic carbocycles. The first-order chi connectivity index (χ1) is 8.61. The number of carbonyl (C=O) groups is 1. The molecule has 5 heteroatoms. The molecule has 0 aliphatic rings. The van der Waals surface area contributed by atoms with E-state index < -0.39 is 0 Å². The van der Waals surface area contributed by atoms with E-state index in [1.54, 1.807) is 30.3 Å². The number of hydrogen-bond acceptors (Lipinski definition) is 5. The summed E-state index contributed by atoms with van der Waals surface area (Å²) in [7, 11) is 3.10. The number of ether oxygens (including phenoxy) is 1. The van der Waals surface area contributed by atoms with Gasteiger partial charge >= 0.3 is 5.97 Å². The van der Waals surface area contributed by atoms with Gasteiger partial charge in [0.05, 0.1) is 7.11 Å². The fourth-order valence-electron chi connectivity index (χ4n) is 1.78. The maximum atomic E-state index is 11.3. The van der Waals surface area contributed by atoms with Gasteiger partial charge in [0.25, 0.3) is 0 Å². The van der Waals surface area contributed by atoms with Crippen LogP contribution in [-0.4, -0.2) is 36.8 Å². The second kappa shape index (κ2) is 4.91. The van der Waals surface area contributed by atoms with E-state index in [1.807, 2.05) is 12.1 Å². The van der Waals surface area contributed by atoms with Gasteiger partial charge < -0.3 is 14.7 Å². The fraction of sp³-hybridized carbons (Fsp3) is 0.231. The Bertz CT molecular complexity index is 583. The molecule has 0 aliphatic heterocycles. The number of aromatic hydroxyl groups is 1. The van der Waals surface area contributed by atoms with Gasteiger partial charge in [-0.05, 0) is 23.6 Å². The maximum absolute atomic E-state index is 11.3. The number of fused-ring (bicyclic) bond motifs is 1. The summed E-state index contributed by atoms with van der Waals surface area (Å²) in [6.07, 6.45) is 1.67. The zero-order valence-corrected chi connectivity index (χ0v) is 10.3. The number of esters is 1. The van der Waals surface area contributed by atoms with Gasteiger partial charge in [-0.25, -0.2) is 4.98 Å². The molecule has 0 radical (unpaired) electrons. The third kappa shape index (κ3) is 2.34. The standard InChI is InChI=1S/C13H14N2O3/c1-15(8-12(17)18-2)13-11-7-10(16)4-3-9(11)5-6-14-13/h3-7,16H,8H2,1-2H3. The summed E-state index contributed by atoms with van der Waals surface area (Å²) in [5.74, 6) is 0.466. The molecule has 0 fully saturated rings. The summed E-state index contributed by atoms with van der Waals surface area (Å²) in [5.41, 5.74) is 0. The van der Waals surface area contributed by atoms with Crippen LogP contribution in [0.5, 0.6) is 5.75 Å². The van der Waals surface area contributed by atoms with Crippen molar-refractivity contribution in [3.8, 4) is 5.75 Å². The molecule has 2 rings (SSSR count). The van der Waals surface area contributed by atoms with Crippen LogP contribution in [0.2, 0.25) is 0 Å². The van der Waals surface area contributed by atoms with Gasteiger partial charge in [0.15, 0.2) is 0 Å². The van der Waals surface area contributed by atoms with Crippen molar-refractivity contribution >= 4 is 22.6 Å². The summed E-state index contributed by atoms with van der Waals surface area (Å²) in [4.78, 5) is 17.2. The van der Waals surface area contributed by atoms with Crippen LogP contribution >= 0.6 is 0 Å². The Labute approximate surface area is 105 Å². The average Bonchev–Trinajstić information content (AvgIpc) is 2.37. The van der Waals surface area contributed by atoms with E-state index in [0.29, 0.717) is 5.82 Å². The Morgan fingerprint density at radius 2 is 2.22 bits per heavy atom. The smallest absolute Gasteiger partial charge is 0.325 e. The van der Waals surface area contributed by atoms with Gasteiger partial charge in [0.1, 0.15) is 18.1 Å². The maximum Gasteiger partial charge on any atom is 0.325 e. The lowest BCUT2D eigenvalue weighted by Gasteiger charge is -2.18. The molecule has 0 unspecified atom stereocenters. The number of nitrogens with zero attached hydrogens (tertiary/aromatic N) is 2. The van der Waals surface area contributed by atoms with Crippen LogP contribution < -0.4 is 4.90 Å². The van der Waals surface area contributed by atoms with E-state index in [4.69, 9.17) is 0 Å². The predicted molar refractivity (Wildman–Crippen MR) is 68.7 cm³/mol. The minimum Gasteiger partial charge on any atom is -0.508 e. The van der Waals surface area contributed by atoms with Gasteiger partial charge in [0.2, 0.25) is 0 Å². The van der Waals surface area contributed by atoms with E-state index in [1.165, 1.54) is 7.11 Å². The van der Waals surface area contributed by atoms with Crippen molar-refractivity contribution in [1.82, 2.24) is 4.98 Å². The Morgan fingerprint density at radius 1 is 1.44 bits per heavy atom. The normalized spacial score (nSPS) is 10.3. The van der Waals surface area contributed by atoms with Crippen molar-refractivity contribution in [2.24, 2.45) is 0 Å². The van der Waals surface area contributed by atoms with Crippen LogP contribution in [-0.2, 0) is 9.53 Å². The highest BCUT2D eigenvalue weighted by Gasteiger charge is 2.11. The highest BCUT2D eigenvalue weighted by molar-refractivity contribution is 5.94. The Hall–Kier alpha value is -2.30. The largest absolute Gasteiger partial charge is 0.508 e. The molecule has 1 aromatic heterocycles. The molecule has 0 spiro atoms. The molecule has 0 saturated carbocycles. The van der Waals surface area contributed by atoms with Gasteiger partial charge in [0, 0.05) is 18.6 Å². The third-order valence-corrected chi connectivity index (χ3v) is 2.68. The number of phenols is 1. The van der Waals surface area contributed by atoms with Crippen molar-refractivity contribution in [2.75, 3.05) is 25.6 Å². The monoisotopic (exact) mass is 246 g/mol. The second-order valence-corrected chi connectivity index (χ2v) is 3.97. The summed E-state index contributed by atoms with van der Waals surface area (Å²) in [5, 5.41) is 11.3. The molecule has 18 heavy (non-hydrogen) atoms.